The number of benzene rings is 1. The Bertz CT molecular complexity index is 1350. The van der Waals surface area contributed by atoms with Crippen molar-refractivity contribution in [2.75, 3.05) is 26.2 Å². The summed E-state index contributed by atoms with van der Waals surface area (Å²) in [7, 11) is 0. The smallest absolute Gasteiger partial charge is 0.430 e. The molecule has 3 aliphatic heterocycles. The van der Waals surface area contributed by atoms with Crippen LogP contribution in [-0.2, 0) is 26.3 Å². The van der Waals surface area contributed by atoms with Gasteiger partial charge in [-0.3, -0.25) is 9.59 Å². The molecule has 1 aromatic carbocycles. The van der Waals surface area contributed by atoms with Crippen molar-refractivity contribution in [1.82, 2.24) is 14.8 Å². The zero-order valence-electron chi connectivity index (χ0n) is 25.3. The average molecular weight is 635 g/mol. The molecule has 1 aliphatic carbocycles. The lowest BCUT2D eigenvalue weighted by Crippen LogP contribution is -2.83. The highest BCUT2D eigenvalue weighted by Crippen LogP contribution is 2.46. The number of rotatable bonds is 3. The Kier molecular flexibility index (Phi) is 9.69. The fourth-order valence-electron chi connectivity index (χ4n) is 7.94. The van der Waals surface area contributed by atoms with Crippen LogP contribution in [0, 0.1) is 18.8 Å². The van der Waals surface area contributed by atoms with E-state index in [4.69, 9.17) is 14.9 Å². The molecule has 4 aliphatic rings. The highest BCUT2D eigenvalue weighted by Gasteiger charge is 2.58. The molecule has 2 saturated heterocycles. The normalized spacial score (nSPS) is 27.4. The maximum Gasteiger partial charge on any atom is 0.430 e. The number of fused-ring (bicyclic) bond motifs is 2. The maximum absolute atomic E-state index is 14.6. The van der Waals surface area contributed by atoms with Gasteiger partial charge >= 0.3 is 6.18 Å². The Morgan fingerprint density at radius 3 is 2.41 bits per heavy atom. The lowest BCUT2D eigenvalue weighted by Gasteiger charge is -2.47. The first-order valence-electron chi connectivity index (χ1n) is 15.6. The molecule has 12 heteroatoms. The Labute approximate surface area is 260 Å². The van der Waals surface area contributed by atoms with E-state index in [1.165, 1.54) is 42.5 Å². The van der Waals surface area contributed by atoms with Crippen LogP contribution in [0.25, 0.3) is 0 Å². The number of aliphatic carboxylic acids is 1. The summed E-state index contributed by atoms with van der Waals surface area (Å²) < 4.78 is 31.5. The number of carboxylic acids is 1. The number of carbonyl (C=O) groups is 3. The van der Waals surface area contributed by atoms with Gasteiger partial charge in [-0.05, 0) is 50.0 Å². The van der Waals surface area contributed by atoms with Gasteiger partial charge in [0.15, 0.2) is 0 Å². The van der Waals surface area contributed by atoms with Crippen molar-refractivity contribution in [3.63, 3.8) is 0 Å². The van der Waals surface area contributed by atoms with E-state index in [2.05, 4.69) is 47.5 Å². The average Bonchev–Trinajstić information content (AvgIpc) is 3.60. The number of piperidine rings is 1. The maximum atomic E-state index is 14.6. The van der Waals surface area contributed by atoms with E-state index in [1.807, 2.05) is 4.90 Å². The lowest BCUT2D eigenvalue weighted by molar-refractivity contribution is -0.640. The SMILES string of the molecule is CC(=O)N1Cc2nc(C)sc2[C@@]2(C[NH2+]CC2C(=O)N2CC[C@@H](c3ccccc3)C[C@H]2C2CCCCC2)C1.O=C([O-])C(F)(F)F. The minimum atomic E-state index is -5.19. The van der Waals surface area contributed by atoms with Crippen molar-refractivity contribution in [2.45, 2.75) is 88.9 Å². The Balaban J connectivity index is 0.000000493. The number of hydrogen-bond donors (Lipinski definition) is 1. The van der Waals surface area contributed by atoms with Crippen LogP contribution >= 0.6 is 11.3 Å². The highest BCUT2D eigenvalue weighted by atomic mass is 32.1. The van der Waals surface area contributed by atoms with Crippen molar-refractivity contribution in [3.05, 3.63) is 51.5 Å². The first-order chi connectivity index (χ1) is 20.9. The number of likely N-dealkylation sites (tertiary alicyclic amines) is 1. The van der Waals surface area contributed by atoms with Crippen LogP contribution in [-0.4, -0.2) is 71.0 Å². The topological polar surface area (TPSA) is 110 Å². The molecule has 0 bridgehead atoms. The van der Waals surface area contributed by atoms with Gasteiger partial charge in [0, 0.05) is 30.9 Å². The second-order valence-electron chi connectivity index (χ2n) is 12.7. The van der Waals surface area contributed by atoms with Crippen LogP contribution < -0.4 is 10.4 Å². The van der Waals surface area contributed by atoms with Crippen LogP contribution in [0.2, 0.25) is 0 Å². The molecule has 4 heterocycles. The molecule has 1 unspecified atom stereocenters. The third-order valence-electron chi connectivity index (χ3n) is 10.0. The van der Waals surface area contributed by atoms with Crippen molar-refractivity contribution < 1.29 is 38.0 Å². The van der Waals surface area contributed by atoms with Gasteiger partial charge in [0.1, 0.15) is 11.9 Å². The molecular weight excluding hydrogens is 593 g/mol. The van der Waals surface area contributed by atoms with Gasteiger partial charge in [-0.1, -0.05) is 49.6 Å². The zero-order valence-corrected chi connectivity index (χ0v) is 26.1. The van der Waals surface area contributed by atoms with Crippen LogP contribution in [0.15, 0.2) is 30.3 Å². The van der Waals surface area contributed by atoms with Gasteiger partial charge < -0.3 is 25.0 Å². The molecule has 2 amide bonds. The van der Waals surface area contributed by atoms with E-state index in [0.717, 1.165) is 43.2 Å². The molecule has 1 saturated carbocycles. The fourth-order valence-corrected chi connectivity index (χ4v) is 9.11. The Morgan fingerprint density at radius 1 is 1.09 bits per heavy atom. The number of alkyl halides is 3. The number of amides is 2. The first-order valence-corrected chi connectivity index (χ1v) is 16.4. The summed E-state index contributed by atoms with van der Waals surface area (Å²) in [4.78, 5) is 46.3. The standard InChI is InChI=1S/C30H40N4O2S.C2HF3O2/c1-20-32-26-17-33(21(2)35)19-30(28(26)37-20)18-31-16-25(30)29(36)34-14-13-24(22-9-5-3-6-10-22)15-27(34)23-11-7-4-8-12-23;3-2(4,5)1(6)7/h3,5-6,9-10,23-25,27,31H,4,7-8,11-19H2,1-2H3;(H,6,7)/t24-,25?,27+,30+;/m1./s1. The molecule has 2 aromatic rings. The Hall–Kier alpha value is -2.99. The summed E-state index contributed by atoms with van der Waals surface area (Å²) in [5.41, 5.74) is 2.12. The minimum absolute atomic E-state index is 0.0811. The van der Waals surface area contributed by atoms with Gasteiger partial charge in [0.05, 0.1) is 35.8 Å². The fraction of sp³-hybridized carbons (Fsp3) is 0.625. The quantitative estimate of drug-likeness (QED) is 0.559. The number of carboxylic acid groups (broad SMARTS) is 1. The van der Waals surface area contributed by atoms with Crippen molar-refractivity contribution >= 4 is 29.1 Å². The van der Waals surface area contributed by atoms with Gasteiger partial charge in [0.2, 0.25) is 11.8 Å². The van der Waals surface area contributed by atoms with E-state index >= 15 is 0 Å². The summed E-state index contributed by atoms with van der Waals surface area (Å²) in [6.07, 6.45) is 3.31. The van der Waals surface area contributed by atoms with Crippen LogP contribution in [0.1, 0.15) is 78.9 Å². The van der Waals surface area contributed by atoms with E-state index in [9.17, 15) is 22.8 Å². The second-order valence-corrected chi connectivity index (χ2v) is 13.9. The number of quaternary nitrogens is 1. The number of nitrogens with two attached hydrogens (primary N) is 1. The van der Waals surface area contributed by atoms with Crippen LogP contribution in [0.3, 0.4) is 0 Å². The molecule has 44 heavy (non-hydrogen) atoms. The van der Waals surface area contributed by atoms with E-state index in [-0.39, 0.29) is 17.2 Å². The zero-order chi connectivity index (χ0) is 31.6. The number of hydrogen-bond acceptors (Lipinski definition) is 6. The molecule has 1 aromatic heterocycles. The highest BCUT2D eigenvalue weighted by molar-refractivity contribution is 7.11. The van der Waals surface area contributed by atoms with Crippen molar-refractivity contribution in [2.24, 2.45) is 11.8 Å². The minimum Gasteiger partial charge on any atom is -0.542 e. The molecular formula is C32H41F3N4O4S. The summed E-state index contributed by atoms with van der Waals surface area (Å²) in [6, 6.07) is 11.3. The number of carbonyl (C=O) groups excluding carboxylic acids is 3. The van der Waals surface area contributed by atoms with Crippen molar-refractivity contribution in [1.29, 1.82) is 0 Å². The molecule has 8 nitrogen and oxygen atoms in total. The summed E-state index contributed by atoms with van der Waals surface area (Å²) in [5, 5.41) is 12.1. The number of aryl methyl sites for hydroxylation is 1. The number of aromatic nitrogens is 1. The first kappa shape index (κ1) is 32.4. The van der Waals surface area contributed by atoms with Gasteiger partial charge in [-0.15, -0.1) is 11.3 Å². The summed E-state index contributed by atoms with van der Waals surface area (Å²) in [5.74, 6) is -1.57. The third kappa shape index (κ3) is 6.66. The number of halogens is 3. The molecule has 0 radical (unpaired) electrons. The summed E-state index contributed by atoms with van der Waals surface area (Å²) >= 11 is 1.75. The number of nitrogens with zero attached hydrogens (tertiary/aromatic N) is 3. The number of thiazole rings is 1. The largest absolute Gasteiger partial charge is 0.542 e. The lowest BCUT2D eigenvalue weighted by atomic mass is 9.71. The Morgan fingerprint density at radius 2 is 1.77 bits per heavy atom. The molecule has 1 spiro atoms. The van der Waals surface area contributed by atoms with Crippen LogP contribution in [0.4, 0.5) is 13.2 Å². The predicted octanol–water partition coefficient (Wildman–Crippen LogP) is 2.90. The predicted molar refractivity (Wildman–Crippen MR) is 156 cm³/mol. The molecule has 4 atom stereocenters. The second kappa shape index (κ2) is 13.2. The molecule has 240 valence electrons. The van der Waals surface area contributed by atoms with Crippen molar-refractivity contribution in [3.8, 4) is 0 Å². The summed E-state index contributed by atoms with van der Waals surface area (Å²) in [6.45, 7) is 7.42. The van der Waals surface area contributed by atoms with Crippen LogP contribution in [0.5, 0.6) is 0 Å². The molecule has 6 rings (SSSR count). The van der Waals surface area contributed by atoms with E-state index < -0.39 is 12.1 Å². The molecule has 3 fully saturated rings. The third-order valence-corrected chi connectivity index (χ3v) is 11.2. The monoisotopic (exact) mass is 634 g/mol. The van der Waals surface area contributed by atoms with Gasteiger partial charge in [-0.2, -0.15) is 13.2 Å². The van der Waals surface area contributed by atoms with Gasteiger partial charge in [-0.25, -0.2) is 4.98 Å². The van der Waals surface area contributed by atoms with E-state index in [0.29, 0.717) is 36.9 Å². The van der Waals surface area contributed by atoms with E-state index in [1.54, 1.807) is 18.3 Å². The van der Waals surface area contributed by atoms with Gasteiger partial charge in [0.25, 0.3) is 0 Å². The molecule has 2 N–H and O–H groups in total.